The number of benzene rings is 5. The number of hydrogen-bond acceptors (Lipinski definition) is 4. The van der Waals surface area contributed by atoms with E-state index in [1.807, 2.05) is 60.7 Å². The van der Waals surface area contributed by atoms with Gasteiger partial charge in [-0.3, -0.25) is 4.40 Å². The molecule has 0 bridgehead atoms. The Morgan fingerprint density at radius 3 is 1.58 bits per heavy atom. The fraction of sp³-hybridized carbons (Fsp3) is 0. The number of pyridine rings is 1. The van der Waals surface area contributed by atoms with Crippen molar-refractivity contribution in [2.45, 2.75) is 0 Å². The van der Waals surface area contributed by atoms with Crippen molar-refractivity contribution in [2.24, 2.45) is 0 Å². The monoisotopic (exact) mass is 575 g/mol. The molecule has 4 aromatic heterocycles. The van der Waals surface area contributed by atoms with Gasteiger partial charge in [-0.25, -0.2) is 19.9 Å². The van der Waals surface area contributed by atoms with Crippen molar-refractivity contribution in [3.05, 3.63) is 152 Å². The summed E-state index contributed by atoms with van der Waals surface area (Å²) in [5, 5.41) is 2.47. The first-order chi connectivity index (χ1) is 22.3. The molecule has 9 aromatic rings. The van der Waals surface area contributed by atoms with Crippen molar-refractivity contribution >= 4 is 27.5 Å². The molecule has 4 heterocycles. The topological polar surface area (TPSA) is 56.0 Å². The van der Waals surface area contributed by atoms with Crippen molar-refractivity contribution in [2.75, 3.05) is 0 Å². The minimum atomic E-state index is 0.642. The molecule has 0 fully saturated rings. The van der Waals surface area contributed by atoms with Crippen LogP contribution in [0.2, 0.25) is 0 Å². The highest BCUT2D eigenvalue weighted by atomic mass is 15.0. The van der Waals surface area contributed by atoms with E-state index in [4.69, 9.17) is 19.9 Å². The molecule has 9 rings (SSSR count). The van der Waals surface area contributed by atoms with E-state index in [2.05, 4.69) is 95.4 Å². The van der Waals surface area contributed by atoms with Gasteiger partial charge >= 0.3 is 0 Å². The Morgan fingerprint density at radius 1 is 0.356 bits per heavy atom. The molecule has 5 nitrogen and oxygen atoms in total. The lowest BCUT2D eigenvalue weighted by Crippen LogP contribution is -2.00. The van der Waals surface area contributed by atoms with Gasteiger partial charge in [0.25, 0.3) is 0 Å². The van der Waals surface area contributed by atoms with Gasteiger partial charge in [0, 0.05) is 33.0 Å². The molecule has 5 aromatic carbocycles. The molecule has 0 aliphatic carbocycles. The van der Waals surface area contributed by atoms with Gasteiger partial charge in [0.2, 0.25) is 0 Å². The van der Waals surface area contributed by atoms with E-state index in [9.17, 15) is 0 Å². The number of imidazole rings is 1. The second-order valence-electron chi connectivity index (χ2n) is 11.2. The highest BCUT2D eigenvalue weighted by molar-refractivity contribution is 6.13. The second-order valence-corrected chi connectivity index (χ2v) is 11.2. The zero-order valence-electron chi connectivity index (χ0n) is 24.2. The van der Waals surface area contributed by atoms with Gasteiger partial charge in [0.1, 0.15) is 5.65 Å². The number of aromatic nitrogens is 5. The van der Waals surface area contributed by atoms with Crippen LogP contribution >= 0.6 is 0 Å². The van der Waals surface area contributed by atoms with E-state index in [-0.39, 0.29) is 0 Å². The zero-order valence-corrected chi connectivity index (χ0v) is 24.2. The van der Waals surface area contributed by atoms with E-state index in [0.717, 1.165) is 50.2 Å². The summed E-state index contributed by atoms with van der Waals surface area (Å²) in [4.78, 5) is 19.7. The van der Waals surface area contributed by atoms with Crippen LogP contribution in [0.5, 0.6) is 0 Å². The Morgan fingerprint density at radius 2 is 0.889 bits per heavy atom. The first-order valence-corrected chi connectivity index (χ1v) is 15.0. The van der Waals surface area contributed by atoms with Crippen molar-refractivity contribution < 1.29 is 0 Å². The SMILES string of the molecule is c1ccc(-c2nc(-c3ccccc3)nc(-c3cccc(-c4ccc(-c5nc6cccc7c8ccccc8c5n67)cc4)c3)n2)cc1. The second kappa shape index (κ2) is 10.2. The quantitative estimate of drug-likeness (QED) is 0.205. The van der Waals surface area contributed by atoms with Crippen molar-refractivity contribution in [1.82, 2.24) is 24.3 Å². The lowest BCUT2D eigenvalue weighted by atomic mass is 10.00. The number of hydrogen-bond donors (Lipinski definition) is 0. The van der Waals surface area contributed by atoms with Crippen LogP contribution < -0.4 is 0 Å². The van der Waals surface area contributed by atoms with Crippen LogP contribution in [-0.4, -0.2) is 24.3 Å². The van der Waals surface area contributed by atoms with E-state index < -0.39 is 0 Å². The fourth-order valence-corrected chi connectivity index (χ4v) is 6.26. The molecule has 0 atom stereocenters. The van der Waals surface area contributed by atoms with Gasteiger partial charge in [0.05, 0.1) is 16.7 Å². The maximum absolute atomic E-state index is 5.06. The molecule has 45 heavy (non-hydrogen) atoms. The van der Waals surface area contributed by atoms with Crippen LogP contribution in [0.15, 0.2) is 152 Å². The molecule has 5 heteroatoms. The van der Waals surface area contributed by atoms with Crippen molar-refractivity contribution in [3.63, 3.8) is 0 Å². The molecule has 0 radical (unpaired) electrons. The first-order valence-electron chi connectivity index (χ1n) is 15.0. The first kappa shape index (κ1) is 25.3. The summed E-state index contributed by atoms with van der Waals surface area (Å²) in [6.07, 6.45) is 0. The smallest absolute Gasteiger partial charge is 0.164 e. The van der Waals surface area contributed by atoms with Gasteiger partial charge in [-0.2, -0.15) is 0 Å². The van der Waals surface area contributed by atoms with Crippen LogP contribution in [0.3, 0.4) is 0 Å². The number of nitrogens with zero attached hydrogens (tertiary/aromatic N) is 5. The summed E-state index contributed by atoms with van der Waals surface area (Å²) in [7, 11) is 0. The molecule has 0 N–H and O–H groups in total. The van der Waals surface area contributed by atoms with E-state index in [1.54, 1.807) is 0 Å². The molecule has 210 valence electrons. The normalized spacial score (nSPS) is 11.6. The highest BCUT2D eigenvalue weighted by Crippen LogP contribution is 2.37. The molecular weight excluding hydrogens is 550 g/mol. The Hall–Kier alpha value is -6.20. The predicted octanol–water partition coefficient (Wildman–Crippen LogP) is 9.60. The third-order valence-electron chi connectivity index (χ3n) is 8.41. The van der Waals surface area contributed by atoms with Gasteiger partial charge in [-0.1, -0.05) is 133 Å². The third-order valence-corrected chi connectivity index (χ3v) is 8.41. The molecule has 0 saturated carbocycles. The average molecular weight is 576 g/mol. The van der Waals surface area contributed by atoms with Crippen LogP contribution in [-0.2, 0) is 0 Å². The van der Waals surface area contributed by atoms with E-state index >= 15 is 0 Å². The lowest BCUT2D eigenvalue weighted by molar-refractivity contribution is 1.07. The molecule has 0 spiro atoms. The van der Waals surface area contributed by atoms with Gasteiger partial charge in [0.15, 0.2) is 17.5 Å². The van der Waals surface area contributed by atoms with Gasteiger partial charge in [-0.15, -0.1) is 0 Å². The summed E-state index contributed by atoms with van der Waals surface area (Å²) >= 11 is 0. The number of rotatable bonds is 5. The standard InChI is InChI=1S/C40H25N5/c1-3-11-28(12-4-1)38-42-39(29-13-5-2-6-14-29)44-40(43-38)31-16-9-15-30(25-31)26-21-23-27(24-22-26)36-37-33-18-8-7-17-32(33)34-19-10-20-35(41-36)45(34)37/h1-25H. The highest BCUT2D eigenvalue weighted by Gasteiger charge is 2.18. The molecule has 0 amide bonds. The van der Waals surface area contributed by atoms with Crippen molar-refractivity contribution in [3.8, 4) is 56.5 Å². The molecule has 0 unspecified atom stereocenters. The Balaban J connectivity index is 1.12. The largest absolute Gasteiger partial charge is 0.292 e. The van der Waals surface area contributed by atoms with E-state index in [0.29, 0.717) is 17.5 Å². The summed E-state index contributed by atoms with van der Waals surface area (Å²) < 4.78 is 2.28. The summed E-state index contributed by atoms with van der Waals surface area (Å²) in [5.41, 5.74) is 10.5. The zero-order chi connectivity index (χ0) is 29.7. The van der Waals surface area contributed by atoms with Gasteiger partial charge in [-0.05, 0) is 29.3 Å². The van der Waals surface area contributed by atoms with Crippen LogP contribution in [0.1, 0.15) is 0 Å². The van der Waals surface area contributed by atoms with Crippen molar-refractivity contribution in [1.29, 1.82) is 0 Å². The predicted molar refractivity (Wildman–Crippen MR) is 182 cm³/mol. The molecule has 0 saturated heterocycles. The summed E-state index contributed by atoms with van der Waals surface area (Å²) in [6.45, 7) is 0. The van der Waals surface area contributed by atoms with Crippen LogP contribution in [0.4, 0.5) is 0 Å². The van der Waals surface area contributed by atoms with E-state index in [1.165, 1.54) is 16.3 Å². The number of fused-ring (bicyclic) bond motifs is 3. The minimum Gasteiger partial charge on any atom is -0.292 e. The lowest BCUT2D eigenvalue weighted by Gasteiger charge is -2.10. The fourth-order valence-electron chi connectivity index (χ4n) is 6.26. The minimum absolute atomic E-state index is 0.642. The van der Waals surface area contributed by atoms with Gasteiger partial charge < -0.3 is 0 Å². The van der Waals surface area contributed by atoms with Crippen LogP contribution in [0, 0.1) is 0 Å². The maximum atomic E-state index is 5.06. The Bertz CT molecular complexity index is 2410. The molecule has 0 aliphatic heterocycles. The maximum Gasteiger partial charge on any atom is 0.164 e. The van der Waals surface area contributed by atoms with Crippen LogP contribution in [0.25, 0.3) is 84.0 Å². The summed E-state index contributed by atoms with van der Waals surface area (Å²) in [5.74, 6) is 1.95. The molecular formula is C40H25N5. The third kappa shape index (κ3) is 4.25. The Labute approximate surface area is 259 Å². The average Bonchev–Trinajstić information content (AvgIpc) is 3.68. The summed E-state index contributed by atoms with van der Waals surface area (Å²) in [6, 6.07) is 52.1. The molecule has 0 aliphatic rings. The Kier molecular flexibility index (Phi) is 5.74.